The number of anilines is 2. The third-order valence-electron chi connectivity index (χ3n) is 18.8. The van der Waals surface area contributed by atoms with Gasteiger partial charge in [-0.25, -0.2) is 23.5 Å². The van der Waals surface area contributed by atoms with Gasteiger partial charge in [0.25, 0.3) is 29.2 Å². The van der Waals surface area contributed by atoms with Crippen molar-refractivity contribution in [2.24, 2.45) is 5.92 Å². The van der Waals surface area contributed by atoms with Crippen molar-refractivity contribution in [1.29, 1.82) is 0 Å². The van der Waals surface area contributed by atoms with Crippen molar-refractivity contribution in [3.8, 4) is 17.1 Å². The number of aliphatic hydroxyl groups is 1. The van der Waals surface area contributed by atoms with Crippen LogP contribution in [0.4, 0.5) is 20.2 Å². The van der Waals surface area contributed by atoms with Crippen LogP contribution in [0.25, 0.3) is 22.3 Å². The summed E-state index contributed by atoms with van der Waals surface area (Å²) < 4.78 is 71.2. The molecule has 25 nitrogen and oxygen atoms in total. The highest BCUT2D eigenvalue weighted by atomic mass is 32.2. The van der Waals surface area contributed by atoms with E-state index in [9.17, 15) is 48.3 Å². The monoisotopic (exact) mass is 1440 g/mol. The van der Waals surface area contributed by atoms with Crippen molar-refractivity contribution in [1.82, 2.24) is 30.0 Å². The fourth-order valence-corrected chi connectivity index (χ4v) is 15.3. The summed E-state index contributed by atoms with van der Waals surface area (Å²) >= 11 is 1.92. The fourth-order valence-electron chi connectivity index (χ4n) is 13.3. The van der Waals surface area contributed by atoms with E-state index in [1.165, 1.54) is 0 Å². The van der Waals surface area contributed by atoms with Crippen LogP contribution in [-0.2, 0) is 87.8 Å². The van der Waals surface area contributed by atoms with Crippen molar-refractivity contribution in [2.75, 3.05) is 109 Å². The Balaban J connectivity index is 0.583. The summed E-state index contributed by atoms with van der Waals surface area (Å²) in [6.45, 7) is 13.8. The van der Waals surface area contributed by atoms with Gasteiger partial charge in [0.05, 0.1) is 104 Å². The molecule has 102 heavy (non-hydrogen) atoms. The van der Waals surface area contributed by atoms with Gasteiger partial charge >= 0.3 is 5.97 Å². The van der Waals surface area contributed by atoms with Gasteiger partial charge < -0.3 is 68.6 Å². The molecule has 12 rings (SSSR count). The summed E-state index contributed by atoms with van der Waals surface area (Å²) in [7, 11) is 0. The molecule has 5 aliphatic heterocycles. The molecule has 0 bridgehead atoms. The highest BCUT2D eigenvalue weighted by Crippen LogP contribution is 2.50. The Morgan fingerprint density at radius 3 is 1.81 bits per heavy atom. The predicted molar refractivity (Wildman–Crippen MR) is 371 cm³/mol. The van der Waals surface area contributed by atoms with Crippen LogP contribution in [0.2, 0.25) is 0 Å². The first-order valence-corrected chi connectivity index (χ1v) is 35.4. The second kappa shape index (κ2) is 30.9. The molecule has 3 atom stereocenters. The van der Waals surface area contributed by atoms with Crippen LogP contribution in [0, 0.1) is 17.6 Å². The van der Waals surface area contributed by atoms with Crippen LogP contribution in [0.1, 0.15) is 103 Å². The van der Waals surface area contributed by atoms with E-state index in [1.54, 1.807) is 109 Å². The van der Waals surface area contributed by atoms with Crippen molar-refractivity contribution < 1.29 is 85.4 Å². The van der Waals surface area contributed by atoms with Crippen molar-refractivity contribution in [2.45, 2.75) is 107 Å². The van der Waals surface area contributed by atoms with Gasteiger partial charge in [-0.3, -0.25) is 38.4 Å². The summed E-state index contributed by atoms with van der Waals surface area (Å²) in [6, 6.07) is 17.9. The number of halogens is 2. The number of pyridine rings is 2. The number of cyclic esters (lactones) is 1. The average molecular weight is 1440 g/mol. The smallest absolute Gasteiger partial charge is 0.343 e. The summed E-state index contributed by atoms with van der Waals surface area (Å²) in [5, 5.41) is 20.7. The normalized spacial score (nSPS) is 18.2. The molecule has 7 amide bonds. The van der Waals surface area contributed by atoms with Crippen molar-refractivity contribution in [3.05, 3.63) is 150 Å². The molecule has 0 unspecified atom stereocenters. The molecular weight excluding hydrogens is 1360 g/mol. The number of amides is 7. The van der Waals surface area contributed by atoms with Crippen LogP contribution in [-0.4, -0.2) is 183 Å². The number of morpholine rings is 2. The van der Waals surface area contributed by atoms with Gasteiger partial charge in [-0.05, 0) is 115 Å². The minimum absolute atomic E-state index is 0.00122. The second-order valence-electron chi connectivity index (χ2n) is 26.3. The lowest BCUT2D eigenvalue weighted by molar-refractivity contribution is -0.172. The third kappa shape index (κ3) is 15.0. The maximum absolute atomic E-state index is 15.8. The first kappa shape index (κ1) is 72.8. The predicted octanol–water partition coefficient (Wildman–Crippen LogP) is 6.91. The fraction of sp³-hybridized carbons (Fsp3) is 0.425. The summed E-state index contributed by atoms with van der Waals surface area (Å²) in [5.41, 5.74) is 3.15. The van der Waals surface area contributed by atoms with E-state index in [0.29, 0.717) is 114 Å². The van der Waals surface area contributed by atoms with Crippen LogP contribution in [0.15, 0.2) is 103 Å². The minimum Gasteiger partial charge on any atom is -0.485 e. The largest absolute Gasteiger partial charge is 0.485 e. The zero-order chi connectivity index (χ0) is 72.3. The van der Waals surface area contributed by atoms with Crippen LogP contribution < -0.4 is 31.1 Å². The molecule has 4 aromatic carbocycles. The number of nitrogens with zero attached hydrogens (tertiary/aromatic N) is 5. The highest BCUT2D eigenvalue weighted by molar-refractivity contribution is 8.08. The maximum Gasteiger partial charge on any atom is 0.343 e. The number of aryl methyl sites for hydroxylation is 1. The van der Waals surface area contributed by atoms with Gasteiger partial charge in [0.2, 0.25) is 17.7 Å². The number of thioether (sulfide) groups is 2. The molecule has 4 N–H and O–H groups in total. The number of carbonyl (C=O) groups is 8. The molecule has 29 heteroatoms. The summed E-state index contributed by atoms with van der Waals surface area (Å²) in [5.74, 6) is -8.05. The van der Waals surface area contributed by atoms with Gasteiger partial charge in [-0.2, -0.15) is 0 Å². The van der Waals surface area contributed by atoms with E-state index in [-0.39, 0.29) is 115 Å². The SMILES string of the molecule is CC[C@@]1(O)C(=O)OCc2c1cc1n(c2=O)Cc2c-1nc1ccc(NC(=O)[C@H](C)NC(=O)[C@@H](NC(=O)COCCOCCOCCOc3c(F)cc(N4C(=O)C(Sc5ccc(C(=O)N6CCOCC6)cc5)=C(Sc5ccc(C(=O)N6CCOCC6)cc5)C4=O)cc3F)C(C)C)c3c1c2C(C)(C)CC3. The molecule has 538 valence electrons. The van der Waals surface area contributed by atoms with E-state index in [2.05, 4.69) is 29.8 Å². The Kier molecular flexibility index (Phi) is 22.1. The molecule has 2 saturated heterocycles. The molecule has 6 aliphatic rings. The molecule has 7 heterocycles. The first-order valence-electron chi connectivity index (χ1n) is 33.8. The topological polar surface area (TPSA) is 302 Å². The number of imide groups is 1. The van der Waals surface area contributed by atoms with E-state index in [0.717, 1.165) is 57.7 Å². The van der Waals surface area contributed by atoms with E-state index in [1.807, 2.05) is 0 Å². The van der Waals surface area contributed by atoms with Crippen LogP contribution in [0.3, 0.4) is 0 Å². The number of benzene rings is 4. The standard InChI is InChI=1S/C73H78F2N8O17S2/c1-7-73(93)50-36-55-60-48(37-82(55)68(89)49(50)38-100-71(73)92)58-57-47(18-19-72(58,5)6)53(16-17-54(57)77-60)78-64(85)41(4)76-65(86)59(40(2)3)79-56(84)39-98-31-30-96-28-29-97-32-33-99-61-51(74)34-44(35-52(61)75)83-69(90)62(101-45-12-8-42(9-13-45)66(87)80-20-24-94-25-21-80)63(70(83)91)102-46-14-10-43(11-15-46)67(88)81-22-26-95-27-23-81/h8-17,34-36,40-41,59,93H,7,18-33,37-39H2,1-6H3,(H,76,86)(H,78,85)(H,79,84)/t41-,59-,73-/m0/s1. The molecule has 0 radical (unpaired) electrons. The van der Waals surface area contributed by atoms with E-state index >= 15 is 8.78 Å². The number of ether oxygens (including phenoxy) is 7. The first-order chi connectivity index (χ1) is 49.0. The lowest BCUT2D eigenvalue weighted by Gasteiger charge is -2.35. The Morgan fingerprint density at radius 1 is 0.696 bits per heavy atom. The lowest BCUT2D eigenvalue weighted by Crippen LogP contribution is -2.54. The van der Waals surface area contributed by atoms with Crippen molar-refractivity contribution in [3.63, 3.8) is 0 Å². The molecule has 2 aromatic heterocycles. The van der Waals surface area contributed by atoms with Crippen LogP contribution in [0.5, 0.6) is 5.75 Å². The molecule has 0 saturated carbocycles. The van der Waals surface area contributed by atoms with Gasteiger partial charge in [-0.1, -0.05) is 58.1 Å². The third-order valence-corrected chi connectivity index (χ3v) is 21.2. The molecule has 6 aromatic rings. The van der Waals surface area contributed by atoms with E-state index in [4.69, 9.17) is 38.1 Å². The number of hydrogen-bond acceptors (Lipinski definition) is 20. The summed E-state index contributed by atoms with van der Waals surface area (Å²) in [4.78, 5) is 133. The number of hydrogen-bond donors (Lipinski definition) is 4. The maximum atomic E-state index is 15.8. The van der Waals surface area contributed by atoms with Gasteiger partial charge in [0.1, 0.15) is 31.9 Å². The number of nitrogens with one attached hydrogen (secondary N) is 3. The minimum atomic E-state index is -1.97. The molecule has 0 spiro atoms. The van der Waals surface area contributed by atoms with E-state index < -0.39 is 77.2 Å². The van der Waals surface area contributed by atoms with Gasteiger partial charge in [0.15, 0.2) is 23.0 Å². The number of carbonyl (C=O) groups excluding carboxylic acids is 8. The van der Waals surface area contributed by atoms with Crippen LogP contribution >= 0.6 is 23.5 Å². The Morgan fingerprint density at radius 2 is 1.25 bits per heavy atom. The number of fused-ring (bicyclic) bond motifs is 5. The number of aromatic nitrogens is 2. The molecule has 2 fully saturated rings. The molecule has 1 aliphatic carbocycles. The Labute approximate surface area is 594 Å². The average Bonchev–Trinajstić information content (AvgIpc) is 1.48. The quantitative estimate of drug-likeness (QED) is 0.0243. The van der Waals surface area contributed by atoms with Gasteiger partial charge in [0, 0.05) is 81.4 Å². The van der Waals surface area contributed by atoms with Crippen molar-refractivity contribution >= 4 is 93.1 Å². The highest BCUT2D eigenvalue weighted by Gasteiger charge is 2.47. The zero-order valence-electron chi connectivity index (χ0n) is 57.2. The molecular formula is C73H78F2N8O17S2. The Hall–Kier alpha value is -8.94. The van der Waals surface area contributed by atoms with Gasteiger partial charge in [-0.15, -0.1) is 0 Å². The summed E-state index contributed by atoms with van der Waals surface area (Å²) in [6.07, 6.45) is 1.31. The number of rotatable bonds is 26. The zero-order valence-corrected chi connectivity index (χ0v) is 58.8. The lowest BCUT2D eigenvalue weighted by atomic mass is 9.70. The Bertz CT molecular complexity index is 4300. The number of esters is 1. The second-order valence-corrected chi connectivity index (χ2v) is 28.5.